The number of para-hydroxylation sites is 1. The first-order valence-corrected chi connectivity index (χ1v) is 13.1. The Morgan fingerprint density at radius 1 is 1.00 bits per heavy atom. The number of nitrogens with one attached hydrogen (secondary N) is 1. The molecule has 2 aliphatic rings. The summed E-state index contributed by atoms with van der Waals surface area (Å²) in [6.45, 7) is 2.00. The molecule has 1 N–H and O–H groups in total. The van der Waals surface area contributed by atoms with Crippen LogP contribution in [0.15, 0.2) is 88.6 Å². The maximum Gasteiger partial charge on any atom is 0.337 e. The third-order valence-corrected chi connectivity index (χ3v) is 7.99. The second kappa shape index (κ2) is 10.6. The van der Waals surface area contributed by atoms with Gasteiger partial charge in [0.25, 0.3) is 0 Å². The summed E-state index contributed by atoms with van der Waals surface area (Å²) in [4.78, 5) is 28.6. The molecule has 37 heavy (non-hydrogen) atoms. The molecule has 0 fully saturated rings. The fourth-order valence-corrected chi connectivity index (χ4v) is 6.12. The number of ether oxygens (including phenoxy) is 3. The Morgan fingerprint density at radius 3 is 2.51 bits per heavy atom. The summed E-state index contributed by atoms with van der Waals surface area (Å²) in [5.41, 5.74) is 4.11. The summed E-state index contributed by atoms with van der Waals surface area (Å²) in [6.07, 6.45) is 1.07. The number of benzene rings is 2. The van der Waals surface area contributed by atoms with Crippen molar-refractivity contribution in [2.45, 2.75) is 38.2 Å². The van der Waals surface area contributed by atoms with Crippen molar-refractivity contribution in [1.82, 2.24) is 5.32 Å². The van der Waals surface area contributed by atoms with E-state index in [1.54, 1.807) is 31.6 Å². The lowest BCUT2D eigenvalue weighted by Gasteiger charge is -2.37. The van der Waals surface area contributed by atoms with Gasteiger partial charge in [0.05, 0.1) is 25.7 Å². The lowest BCUT2D eigenvalue weighted by atomic mass is 9.72. The Hall–Kier alpha value is -3.84. The summed E-state index contributed by atoms with van der Waals surface area (Å²) in [5.74, 6) is 0.0480. The lowest BCUT2D eigenvalue weighted by molar-refractivity contribution is -0.140. The number of esters is 1. The number of rotatable bonds is 7. The molecule has 0 spiro atoms. The van der Waals surface area contributed by atoms with Gasteiger partial charge in [-0.25, -0.2) is 4.79 Å². The summed E-state index contributed by atoms with van der Waals surface area (Å²) in [6, 6.07) is 19.2. The van der Waals surface area contributed by atoms with E-state index in [9.17, 15) is 9.59 Å². The van der Waals surface area contributed by atoms with Crippen LogP contribution in [-0.2, 0) is 20.9 Å². The monoisotopic (exact) mass is 515 g/mol. The molecule has 6 nitrogen and oxygen atoms in total. The fraction of sp³-hybridized carbons (Fsp3) is 0.267. The molecule has 0 radical (unpaired) electrons. The number of thiophene rings is 1. The SMILES string of the molecule is COc1cccc([C@@H]2C(C(=O)OCc3ccccc3)=C(C)NC3=C2C(=O)C[C@H](c2cccs2)C3)c1OC. The van der Waals surface area contributed by atoms with Crippen molar-refractivity contribution in [1.29, 1.82) is 0 Å². The van der Waals surface area contributed by atoms with E-state index in [1.165, 1.54) is 4.88 Å². The molecule has 2 aromatic carbocycles. The van der Waals surface area contributed by atoms with Crippen LogP contribution in [0.3, 0.4) is 0 Å². The van der Waals surface area contributed by atoms with Crippen LogP contribution in [0, 0.1) is 0 Å². The first-order valence-electron chi connectivity index (χ1n) is 12.2. The average molecular weight is 516 g/mol. The first-order chi connectivity index (χ1) is 18.0. The van der Waals surface area contributed by atoms with E-state index in [0.29, 0.717) is 46.7 Å². The Balaban J connectivity index is 1.58. The van der Waals surface area contributed by atoms with Gasteiger partial charge >= 0.3 is 5.97 Å². The number of carbonyl (C=O) groups is 2. The summed E-state index contributed by atoms with van der Waals surface area (Å²) in [5, 5.41) is 5.44. The van der Waals surface area contributed by atoms with Gasteiger partial charge in [0, 0.05) is 39.7 Å². The van der Waals surface area contributed by atoms with Crippen molar-refractivity contribution in [2.75, 3.05) is 14.2 Å². The van der Waals surface area contributed by atoms with Gasteiger partial charge in [-0.05, 0) is 36.4 Å². The van der Waals surface area contributed by atoms with Crippen LogP contribution in [0.5, 0.6) is 11.5 Å². The lowest BCUT2D eigenvalue weighted by Crippen LogP contribution is -2.36. The standard InChI is InChI=1S/C30H29NO5S/c1-18-26(30(33)36-17-19-9-5-4-6-10-19)27(21-11-7-12-24(34-2)29(21)35-3)28-22(31-18)15-20(16-23(28)32)25-13-8-14-37-25/h4-14,20,27,31H,15-17H2,1-3H3/t20-,27-/m1/s1. The zero-order chi connectivity index (χ0) is 25.9. The van der Waals surface area contributed by atoms with Gasteiger partial charge in [0.2, 0.25) is 0 Å². The first kappa shape index (κ1) is 24.8. The minimum atomic E-state index is -0.638. The smallest absolute Gasteiger partial charge is 0.337 e. The quantitative estimate of drug-likeness (QED) is 0.397. The van der Waals surface area contributed by atoms with Crippen LogP contribution in [0.1, 0.15) is 47.6 Å². The molecule has 0 bridgehead atoms. The minimum Gasteiger partial charge on any atom is -0.493 e. The molecular formula is C30H29NO5S. The van der Waals surface area contributed by atoms with E-state index in [-0.39, 0.29) is 18.3 Å². The van der Waals surface area contributed by atoms with E-state index in [1.807, 2.05) is 60.8 Å². The number of methoxy groups -OCH3 is 2. The molecule has 7 heteroatoms. The zero-order valence-electron chi connectivity index (χ0n) is 21.1. The number of hydrogen-bond donors (Lipinski definition) is 1. The molecule has 3 aromatic rings. The van der Waals surface area contributed by atoms with Gasteiger partial charge in [0.1, 0.15) is 6.61 Å². The average Bonchev–Trinajstić information content (AvgIpc) is 3.46. The number of carbonyl (C=O) groups excluding carboxylic acids is 2. The van der Waals surface area contributed by atoms with Crippen molar-refractivity contribution in [3.63, 3.8) is 0 Å². The van der Waals surface area contributed by atoms with E-state index in [2.05, 4.69) is 11.4 Å². The Morgan fingerprint density at radius 2 is 1.81 bits per heavy atom. The molecule has 0 unspecified atom stereocenters. The summed E-state index contributed by atoms with van der Waals surface area (Å²) in [7, 11) is 3.14. The van der Waals surface area contributed by atoms with Crippen LogP contribution >= 0.6 is 11.3 Å². The summed E-state index contributed by atoms with van der Waals surface area (Å²) < 4.78 is 17.1. The molecular weight excluding hydrogens is 486 g/mol. The molecule has 2 heterocycles. The zero-order valence-corrected chi connectivity index (χ0v) is 21.9. The van der Waals surface area contributed by atoms with Crippen molar-refractivity contribution >= 4 is 23.1 Å². The van der Waals surface area contributed by atoms with Gasteiger partial charge < -0.3 is 19.5 Å². The minimum absolute atomic E-state index is 0.0166. The van der Waals surface area contributed by atoms with Crippen molar-refractivity contribution < 1.29 is 23.8 Å². The predicted molar refractivity (Wildman–Crippen MR) is 143 cm³/mol. The predicted octanol–water partition coefficient (Wildman–Crippen LogP) is 5.87. The van der Waals surface area contributed by atoms with Gasteiger partial charge in [-0.15, -0.1) is 11.3 Å². The number of hydrogen-bond acceptors (Lipinski definition) is 7. The highest BCUT2D eigenvalue weighted by Gasteiger charge is 2.43. The Bertz CT molecular complexity index is 1370. The number of allylic oxidation sites excluding steroid dienone is 3. The van der Waals surface area contributed by atoms with Crippen LogP contribution in [0.2, 0.25) is 0 Å². The number of dihydropyridines is 1. The highest BCUT2D eigenvalue weighted by molar-refractivity contribution is 7.10. The maximum atomic E-state index is 13.8. The molecule has 0 saturated carbocycles. The molecule has 1 aliphatic carbocycles. The molecule has 1 aliphatic heterocycles. The fourth-order valence-electron chi connectivity index (χ4n) is 5.29. The van der Waals surface area contributed by atoms with E-state index < -0.39 is 11.9 Å². The highest BCUT2D eigenvalue weighted by atomic mass is 32.1. The molecule has 1 aromatic heterocycles. The van der Waals surface area contributed by atoms with Crippen LogP contribution < -0.4 is 14.8 Å². The van der Waals surface area contributed by atoms with Crippen molar-refractivity contribution in [3.8, 4) is 11.5 Å². The second-order valence-electron chi connectivity index (χ2n) is 9.18. The third-order valence-electron chi connectivity index (χ3n) is 6.95. The van der Waals surface area contributed by atoms with Crippen LogP contribution in [0.25, 0.3) is 0 Å². The highest BCUT2D eigenvalue weighted by Crippen LogP contribution is 2.49. The molecule has 0 amide bonds. The van der Waals surface area contributed by atoms with Crippen LogP contribution in [-0.4, -0.2) is 26.0 Å². The molecule has 0 saturated heterocycles. The van der Waals surface area contributed by atoms with E-state index in [4.69, 9.17) is 14.2 Å². The number of ketones is 1. The topological polar surface area (TPSA) is 73.9 Å². The Labute approximate surface area is 220 Å². The van der Waals surface area contributed by atoms with Crippen molar-refractivity contribution in [3.05, 3.63) is 105 Å². The van der Waals surface area contributed by atoms with Gasteiger partial charge in [0.15, 0.2) is 17.3 Å². The number of Topliss-reactive ketones (excluding diaryl/α,β-unsaturated/α-hetero) is 1. The van der Waals surface area contributed by atoms with Gasteiger partial charge in [-0.3, -0.25) is 4.79 Å². The van der Waals surface area contributed by atoms with Gasteiger partial charge in [-0.2, -0.15) is 0 Å². The normalized spacial score (nSPS) is 19.3. The van der Waals surface area contributed by atoms with Gasteiger partial charge in [-0.1, -0.05) is 48.5 Å². The Kier molecular flexibility index (Phi) is 7.15. The molecule has 190 valence electrons. The van der Waals surface area contributed by atoms with Crippen molar-refractivity contribution in [2.24, 2.45) is 0 Å². The van der Waals surface area contributed by atoms with E-state index >= 15 is 0 Å². The van der Waals surface area contributed by atoms with E-state index in [0.717, 1.165) is 11.3 Å². The van der Waals surface area contributed by atoms with Crippen LogP contribution in [0.4, 0.5) is 0 Å². The molecule has 2 atom stereocenters. The third kappa shape index (κ3) is 4.79. The second-order valence-corrected chi connectivity index (χ2v) is 10.2. The maximum absolute atomic E-state index is 13.8. The molecule has 5 rings (SSSR count). The largest absolute Gasteiger partial charge is 0.493 e. The summed E-state index contributed by atoms with van der Waals surface area (Å²) >= 11 is 1.66.